The van der Waals surface area contributed by atoms with Gasteiger partial charge in [-0.15, -0.1) is 0 Å². The van der Waals surface area contributed by atoms with Crippen LogP contribution in [0.25, 0.3) is 0 Å². The number of nitrogens with zero attached hydrogens (tertiary/aromatic N) is 1. The van der Waals surface area contributed by atoms with Crippen LogP contribution in [-0.4, -0.2) is 41.5 Å². The normalized spacial score (nSPS) is 14.6. The molecule has 0 heterocycles. The summed E-state index contributed by atoms with van der Waals surface area (Å²) in [5.41, 5.74) is 5.33. The number of hydrogen-bond acceptors (Lipinski definition) is 3. The highest BCUT2D eigenvalue weighted by Crippen LogP contribution is 2.07. The van der Waals surface area contributed by atoms with Crippen molar-refractivity contribution < 1.29 is 14.7 Å². The van der Waals surface area contributed by atoms with Gasteiger partial charge < -0.3 is 15.7 Å². The first kappa shape index (κ1) is 12.9. The zero-order valence-electron chi connectivity index (χ0n) is 8.86. The van der Waals surface area contributed by atoms with Gasteiger partial charge in [0.25, 0.3) is 0 Å². The van der Waals surface area contributed by atoms with Gasteiger partial charge in [-0.25, -0.2) is 4.79 Å². The van der Waals surface area contributed by atoms with Crippen LogP contribution in [0.4, 0.5) is 0 Å². The van der Waals surface area contributed by atoms with Crippen LogP contribution in [0.2, 0.25) is 0 Å². The fourth-order valence-corrected chi connectivity index (χ4v) is 1.22. The van der Waals surface area contributed by atoms with Crippen LogP contribution in [0, 0.1) is 5.92 Å². The summed E-state index contributed by atoms with van der Waals surface area (Å²) in [6.45, 7) is 3.66. The molecule has 0 spiro atoms. The Morgan fingerprint density at radius 1 is 1.50 bits per heavy atom. The molecule has 0 aromatic heterocycles. The van der Waals surface area contributed by atoms with Crippen molar-refractivity contribution in [3.63, 3.8) is 0 Å². The summed E-state index contributed by atoms with van der Waals surface area (Å²) in [5, 5.41) is 8.82. The summed E-state index contributed by atoms with van der Waals surface area (Å²) in [4.78, 5) is 23.6. The quantitative estimate of drug-likeness (QED) is 0.652. The smallest absolute Gasteiger partial charge is 0.326 e. The number of nitrogens with two attached hydrogens (primary N) is 1. The van der Waals surface area contributed by atoms with Gasteiger partial charge in [-0.2, -0.15) is 0 Å². The number of aliphatic carboxylic acids is 1. The Balaban J connectivity index is 4.49. The third kappa shape index (κ3) is 2.99. The Bertz CT molecular complexity index is 218. The molecule has 0 aromatic carbocycles. The third-order valence-corrected chi connectivity index (χ3v) is 2.26. The molecule has 0 bridgehead atoms. The van der Waals surface area contributed by atoms with Gasteiger partial charge in [0.15, 0.2) is 0 Å². The molecule has 0 aliphatic rings. The first-order valence-electron chi connectivity index (χ1n) is 4.65. The van der Waals surface area contributed by atoms with E-state index >= 15 is 0 Å². The van der Waals surface area contributed by atoms with Crippen LogP contribution in [0.1, 0.15) is 20.3 Å². The summed E-state index contributed by atoms with van der Waals surface area (Å²) in [7, 11) is 1.50. The maximum Gasteiger partial charge on any atom is 0.326 e. The van der Waals surface area contributed by atoms with E-state index in [1.54, 1.807) is 13.8 Å². The SMILES string of the molecule is CCC(C(=O)O)N(C)C(=O)C(C)CN. The van der Waals surface area contributed by atoms with Crippen molar-refractivity contribution in [2.24, 2.45) is 11.7 Å². The maximum absolute atomic E-state index is 11.6. The molecule has 5 nitrogen and oxygen atoms in total. The molecule has 0 fully saturated rings. The third-order valence-electron chi connectivity index (χ3n) is 2.26. The van der Waals surface area contributed by atoms with Gasteiger partial charge in [-0.05, 0) is 6.42 Å². The van der Waals surface area contributed by atoms with Gasteiger partial charge in [0.1, 0.15) is 6.04 Å². The summed E-state index contributed by atoms with van der Waals surface area (Å²) >= 11 is 0. The highest BCUT2D eigenvalue weighted by atomic mass is 16.4. The van der Waals surface area contributed by atoms with Gasteiger partial charge in [-0.3, -0.25) is 4.79 Å². The second-order valence-corrected chi connectivity index (χ2v) is 3.35. The number of hydrogen-bond donors (Lipinski definition) is 2. The van der Waals surface area contributed by atoms with Crippen LogP contribution in [0.3, 0.4) is 0 Å². The summed E-state index contributed by atoms with van der Waals surface area (Å²) < 4.78 is 0. The number of carboxylic acids is 1. The van der Waals surface area contributed by atoms with E-state index in [0.717, 1.165) is 0 Å². The number of carbonyl (C=O) groups is 2. The van der Waals surface area contributed by atoms with Crippen molar-refractivity contribution in [2.75, 3.05) is 13.6 Å². The zero-order chi connectivity index (χ0) is 11.3. The molecule has 0 aliphatic heterocycles. The lowest BCUT2D eigenvalue weighted by atomic mass is 10.1. The highest BCUT2D eigenvalue weighted by molar-refractivity contribution is 5.84. The summed E-state index contributed by atoms with van der Waals surface area (Å²) in [6.07, 6.45) is 0.398. The van der Waals surface area contributed by atoms with Crippen molar-refractivity contribution in [2.45, 2.75) is 26.3 Å². The van der Waals surface area contributed by atoms with Crippen LogP contribution in [0.15, 0.2) is 0 Å². The van der Waals surface area contributed by atoms with E-state index in [2.05, 4.69) is 0 Å². The Labute approximate surface area is 83.9 Å². The molecular formula is C9H18N2O3. The lowest BCUT2D eigenvalue weighted by Crippen LogP contribution is -2.45. The molecule has 3 N–H and O–H groups in total. The lowest BCUT2D eigenvalue weighted by Gasteiger charge is -2.26. The topological polar surface area (TPSA) is 83.6 Å². The van der Waals surface area contributed by atoms with E-state index in [1.165, 1.54) is 11.9 Å². The predicted molar refractivity (Wildman–Crippen MR) is 52.7 cm³/mol. The largest absolute Gasteiger partial charge is 0.480 e. The molecule has 0 aliphatic carbocycles. The molecule has 1 amide bonds. The summed E-state index contributed by atoms with van der Waals surface area (Å²) in [5.74, 6) is -1.53. The number of carbonyl (C=O) groups excluding carboxylic acids is 1. The molecule has 2 atom stereocenters. The van der Waals surface area contributed by atoms with E-state index in [9.17, 15) is 9.59 Å². The lowest BCUT2D eigenvalue weighted by molar-refractivity contribution is -0.150. The Kier molecular flexibility index (Phi) is 5.15. The van der Waals surface area contributed by atoms with Crippen molar-refractivity contribution in [3.05, 3.63) is 0 Å². The average molecular weight is 202 g/mol. The summed E-state index contributed by atoms with van der Waals surface area (Å²) in [6, 6.07) is -0.753. The molecule has 0 aromatic rings. The van der Waals surface area contributed by atoms with Gasteiger partial charge in [0.2, 0.25) is 5.91 Å². The molecular weight excluding hydrogens is 184 g/mol. The zero-order valence-corrected chi connectivity index (χ0v) is 8.86. The minimum Gasteiger partial charge on any atom is -0.480 e. The van der Waals surface area contributed by atoms with E-state index in [-0.39, 0.29) is 18.4 Å². The molecule has 0 radical (unpaired) electrons. The monoisotopic (exact) mass is 202 g/mol. The van der Waals surface area contributed by atoms with Crippen molar-refractivity contribution in [3.8, 4) is 0 Å². The van der Waals surface area contributed by atoms with Gasteiger partial charge in [-0.1, -0.05) is 13.8 Å². The van der Waals surface area contributed by atoms with Crippen LogP contribution < -0.4 is 5.73 Å². The molecule has 0 rings (SSSR count). The number of carboxylic acid groups (broad SMARTS) is 1. The second kappa shape index (κ2) is 5.59. The predicted octanol–water partition coefficient (Wildman–Crippen LogP) is -0.0972. The Morgan fingerprint density at radius 3 is 2.29 bits per heavy atom. The van der Waals surface area contributed by atoms with Crippen LogP contribution in [0.5, 0.6) is 0 Å². The number of rotatable bonds is 5. The van der Waals surface area contributed by atoms with Crippen LogP contribution >= 0.6 is 0 Å². The minimum absolute atomic E-state index is 0.221. The molecule has 14 heavy (non-hydrogen) atoms. The average Bonchev–Trinajstić information content (AvgIpc) is 2.15. The van der Waals surface area contributed by atoms with Crippen molar-refractivity contribution >= 4 is 11.9 Å². The molecule has 0 saturated carbocycles. The van der Waals surface area contributed by atoms with E-state index in [4.69, 9.17) is 10.8 Å². The van der Waals surface area contributed by atoms with Crippen molar-refractivity contribution in [1.29, 1.82) is 0 Å². The van der Waals surface area contributed by atoms with E-state index in [1.807, 2.05) is 0 Å². The van der Waals surface area contributed by atoms with Gasteiger partial charge in [0.05, 0.1) is 0 Å². The number of amides is 1. The highest BCUT2D eigenvalue weighted by Gasteiger charge is 2.26. The minimum atomic E-state index is -0.979. The fraction of sp³-hybridized carbons (Fsp3) is 0.778. The number of likely N-dealkylation sites (N-methyl/N-ethyl adjacent to an activating group) is 1. The Morgan fingerprint density at radius 2 is 2.00 bits per heavy atom. The first-order valence-corrected chi connectivity index (χ1v) is 4.65. The standard InChI is InChI=1S/C9H18N2O3/c1-4-7(9(13)14)11(3)8(12)6(2)5-10/h6-7H,4-5,10H2,1-3H3,(H,13,14). The Hall–Kier alpha value is -1.10. The van der Waals surface area contributed by atoms with Crippen LogP contribution in [-0.2, 0) is 9.59 Å². The second-order valence-electron chi connectivity index (χ2n) is 3.35. The van der Waals surface area contributed by atoms with E-state index in [0.29, 0.717) is 6.42 Å². The van der Waals surface area contributed by atoms with Gasteiger partial charge >= 0.3 is 5.97 Å². The first-order chi connectivity index (χ1) is 6.45. The molecule has 5 heteroatoms. The molecule has 82 valence electrons. The maximum atomic E-state index is 11.6. The fourth-order valence-electron chi connectivity index (χ4n) is 1.22. The van der Waals surface area contributed by atoms with Gasteiger partial charge in [0, 0.05) is 19.5 Å². The molecule has 0 saturated heterocycles. The van der Waals surface area contributed by atoms with E-state index < -0.39 is 12.0 Å². The molecule has 2 unspecified atom stereocenters. The van der Waals surface area contributed by atoms with Crippen molar-refractivity contribution in [1.82, 2.24) is 4.90 Å².